The first kappa shape index (κ1) is 22.2. The average molecular weight is 478 g/mol. The number of hydrogen-bond donors (Lipinski definition) is 0. The summed E-state index contributed by atoms with van der Waals surface area (Å²) in [6.07, 6.45) is 1.69. The number of imide groups is 1. The second kappa shape index (κ2) is 8.61. The fourth-order valence-corrected chi connectivity index (χ4v) is 4.64. The minimum Gasteiger partial charge on any atom is -0.367 e. The zero-order valence-electron chi connectivity index (χ0n) is 19.0. The first-order chi connectivity index (χ1) is 16.3. The highest BCUT2D eigenvalue weighted by atomic mass is 35.5. The monoisotopic (exact) mass is 477 g/mol. The number of benzene rings is 2. The number of aryl methyl sites for hydroxylation is 1. The molecule has 9 heteroatoms. The number of halogens is 1. The lowest BCUT2D eigenvalue weighted by atomic mass is 10.1. The van der Waals surface area contributed by atoms with Gasteiger partial charge in [0.1, 0.15) is 0 Å². The summed E-state index contributed by atoms with van der Waals surface area (Å²) in [5, 5.41) is 4.81. The fourth-order valence-electron chi connectivity index (χ4n) is 4.52. The SMILES string of the molecule is Cc1c(CN2C(=O)c3cccc(N4CCN(C(=O)c5ccc(Cl)cc5)CC4)c3C2=O)cnn1C. The summed E-state index contributed by atoms with van der Waals surface area (Å²) in [5.41, 5.74) is 3.95. The van der Waals surface area contributed by atoms with E-state index in [4.69, 9.17) is 11.6 Å². The molecular formula is C25H24ClN5O3. The standard InChI is InChI=1S/C25H24ClN5O3/c1-16-18(14-27-28(16)2)15-31-24(33)20-4-3-5-21(22(20)25(31)34)29-10-12-30(13-11-29)23(32)17-6-8-19(26)9-7-17/h3-9,14H,10-13,15H2,1-2H3. The molecule has 5 rings (SSSR count). The fraction of sp³-hybridized carbons (Fsp3) is 0.280. The summed E-state index contributed by atoms with van der Waals surface area (Å²) in [5.74, 6) is -0.626. The van der Waals surface area contributed by atoms with E-state index >= 15 is 0 Å². The van der Waals surface area contributed by atoms with Gasteiger partial charge in [0.2, 0.25) is 0 Å². The molecule has 3 heterocycles. The van der Waals surface area contributed by atoms with E-state index in [2.05, 4.69) is 10.00 Å². The Morgan fingerprint density at radius 3 is 2.35 bits per heavy atom. The van der Waals surface area contributed by atoms with E-state index < -0.39 is 0 Å². The van der Waals surface area contributed by atoms with Crippen LogP contribution < -0.4 is 4.90 Å². The molecule has 0 unspecified atom stereocenters. The highest BCUT2D eigenvalue weighted by molar-refractivity contribution is 6.30. The van der Waals surface area contributed by atoms with Crippen LogP contribution in [0.5, 0.6) is 0 Å². The molecule has 0 radical (unpaired) electrons. The second-order valence-electron chi connectivity index (χ2n) is 8.56. The molecule has 1 fully saturated rings. The number of anilines is 1. The van der Waals surface area contributed by atoms with Crippen molar-refractivity contribution < 1.29 is 14.4 Å². The highest BCUT2D eigenvalue weighted by Gasteiger charge is 2.39. The third-order valence-corrected chi connectivity index (χ3v) is 6.89. The lowest BCUT2D eigenvalue weighted by Crippen LogP contribution is -2.49. The number of nitrogens with zero attached hydrogens (tertiary/aromatic N) is 5. The Morgan fingerprint density at radius 2 is 1.71 bits per heavy atom. The molecule has 34 heavy (non-hydrogen) atoms. The zero-order chi connectivity index (χ0) is 24.0. The number of carbonyl (C=O) groups excluding carboxylic acids is 3. The van der Waals surface area contributed by atoms with Crippen LogP contribution in [0.2, 0.25) is 5.02 Å². The van der Waals surface area contributed by atoms with Gasteiger partial charge in [-0.15, -0.1) is 0 Å². The van der Waals surface area contributed by atoms with Gasteiger partial charge in [0.25, 0.3) is 17.7 Å². The third kappa shape index (κ3) is 3.74. The molecule has 3 amide bonds. The average Bonchev–Trinajstić information content (AvgIpc) is 3.30. The van der Waals surface area contributed by atoms with Crippen molar-refractivity contribution in [2.75, 3.05) is 31.1 Å². The van der Waals surface area contributed by atoms with Gasteiger partial charge in [-0.3, -0.25) is 24.0 Å². The first-order valence-electron chi connectivity index (χ1n) is 11.1. The summed E-state index contributed by atoms with van der Waals surface area (Å²) in [6.45, 7) is 4.28. The van der Waals surface area contributed by atoms with E-state index in [0.29, 0.717) is 47.9 Å². The molecule has 2 aliphatic heterocycles. The lowest BCUT2D eigenvalue weighted by molar-refractivity contribution is 0.0640. The van der Waals surface area contributed by atoms with Gasteiger partial charge in [-0.05, 0) is 43.3 Å². The third-order valence-electron chi connectivity index (χ3n) is 6.64. The van der Waals surface area contributed by atoms with E-state index in [9.17, 15) is 14.4 Å². The largest absolute Gasteiger partial charge is 0.367 e. The maximum Gasteiger partial charge on any atom is 0.263 e. The summed E-state index contributed by atoms with van der Waals surface area (Å²) in [7, 11) is 1.83. The molecule has 1 aromatic heterocycles. The van der Waals surface area contributed by atoms with E-state index in [0.717, 1.165) is 16.9 Å². The normalized spacial score (nSPS) is 15.8. The van der Waals surface area contributed by atoms with Gasteiger partial charge in [-0.25, -0.2) is 0 Å². The number of aromatic nitrogens is 2. The van der Waals surface area contributed by atoms with Gasteiger partial charge in [-0.1, -0.05) is 17.7 Å². The molecule has 3 aromatic rings. The van der Waals surface area contributed by atoms with Crippen LogP contribution in [0, 0.1) is 6.92 Å². The quantitative estimate of drug-likeness (QED) is 0.539. The predicted molar refractivity (Wildman–Crippen MR) is 128 cm³/mol. The van der Waals surface area contributed by atoms with Crippen LogP contribution in [0.25, 0.3) is 0 Å². The smallest absolute Gasteiger partial charge is 0.263 e. The number of amides is 3. The molecule has 0 spiro atoms. The Kier molecular flexibility index (Phi) is 5.61. The van der Waals surface area contributed by atoms with Crippen LogP contribution in [-0.4, -0.2) is 63.5 Å². The van der Waals surface area contributed by atoms with Gasteiger partial charge in [0, 0.05) is 55.1 Å². The molecule has 0 aliphatic carbocycles. The molecule has 8 nitrogen and oxygen atoms in total. The van der Waals surface area contributed by atoms with Gasteiger partial charge in [-0.2, -0.15) is 5.10 Å². The van der Waals surface area contributed by atoms with Crippen molar-refractivity contribution >= 4 is 35.0 Å². The number of rotatable bonds is 4. The van der Waals surface area contributed by atoms with Crippen LogP contribution in [0.1, 0.15) is 42.3 Å². The highest BCUT2D eigenvalue weighted by Crippen LogP contribution is 2.33. The van der Waals surface area contributed by atoms with Crippen molar-refractivity contribution in [1.29, 1.82) is 0 Å². The molecule has 0 atom stereocenters. The van der Waals surface area contributed by atoms with Crippen LogP contribution in [-0.2, 0) is 13.6 Å². The Bertz CT molecular complexity index is 1290. The maximum atomic E-state index is 13.4. The number of fused-ring (bicyclic) bond motifs is 1. The molecule has 2 aromatic carbocycles. The topological polar surface area (TPSA) is 78.8 Å². The number of piperazine rings is 1. The van der Waals surface area contributed by atoms with Crippen LogP contribution in [0.3, 0.4) is 0 Å². The predicted octanol–water partition coefficient (Wildman–Crippen LogP) is 3.14. The van der Waals surface area contributed by atoms with E-state index in [1.807, 2.05) is 26.1 Å². The lowest BCUT2D eigenvalue weighted by Gasteiger charge is -2.36. The number of hydrogen-bond acceptors (Lipinski definition) is 5. The minimum absolute atomic E-state index is 0.0427. The van der Waals surface area contributed by atoms with Crippen molar-refractivity contribution in [2.45, 2.75) is 13.5 Å². The van der Waals surface area contributed by atoms with Gasteiger partial charge in [0.15, 0.2) is 0 Å². The molecular weight excluding hydrogens is 454 g/mol. The molecule has 0 N–H and O–H groups in total. The molecule has 0 saturated carbocycles. The molecule has 1 saturated heterocycles. The molecule has 174 valence electrons. The first-order valence-corrected chi connectivity index (χ1v) is 11.5. The Morgan fingerprint density at radius 1 is 1.00 bits per heavy atom. The van der Waals surface area contributed by atoms with Crippen LogP contribution in [0.4, 0.5) is 5.69 Å². The van der Waals surface area contributed by atoms with Gasteiger partial charge in [0.05, 0.1) is 29.6 Å². The van der Waals surface area contributed by atoms with E-state index in [1.54, 1.807) is 46.1 Å². The Labute approximate surface area is 202 Å². The summed E-state index contributed by atoms with van der Waals surface area (Å²) < 4.78 is 1.73. The van der Waals surface area contributed by atoms with Crippen molar-refractivity contribution in [1.82, 2.24) is 19.6 Å². The van der Waals surface area contributed by atoms with Crippen LogP contribution in [0.15, 0.2) is 48.7 Å². The van der Waals surface area contributed by atoms with E-state index in [-0.39, 0.29) is 24.3 Å². The van der Waals surface area contributed by atoms with Gasteiger partial charge < -0.3 is 9.80 Å². The van der Waals surface area contributed by atoms with Crippen molar-refractivity contribution in [3.63, 3.8) is 0 Å². The van der Waals surface area contributed by atoms with Crippen molar-refractivity contribution in [3.05, 3.63) is 81.6 Å². The zero-order valence-corrected chi connectivity index (χ0v) is 19.7. The maximum absolute atomic E-state index is 13.4. The van der Waals surface area contributed by atoms with E-state index in [1.165, 1.54) is 4.90 Å². The van der Waals surface area contributed by atoms with Gasteiger partial charge >= 0.3 is 0 Å². The van der Waals surface area contributed by atoms with Crippen LogP contribution >= 0.6 is 11.6 Å². The molecule has 0 bridgehead atoms. The second-order valence-corrected chi connectivity index (χ2v) is 9.00. The summed E-state index contributed by atoms with van der Waals surface area (Å²) in [4.78, 5) is 44.4. The Hall–Kier alpha value is -3.65. The van der Waals surface area contributed by atoms with Crippen molar-refractivity contribution in [2.24, 2.45) is 7.05 Å². The number of carbonyl (C=O) groups is 3. The summed E-state index contributed by atoms with van der Waals surface area (Å²) >= 11 is 5.93. The Balaban J connectivity index is 1.33. The summed E-state index contributed by atoms with van der Waals surface area (Å²) in [6, 6.07) is 12.3. The molecule has 2 aliphatic rings. The van der Waals surface area contributed by atoms with Crippen molar-refractivity contribution in [3.8, 4) is 0 Å². The minimum atomic E-state index is -0.293.